The van der Waals surface area contributed by atoms with Crippen LogP contribution in [0.1, 0.15) is 265 Å². The van der Waals surface area contributed by atoms with E-state index in [4.69, 9.17) is 14.2 Å². The molecule has 0 rings (SSSR count). The summed E-state index contributed by atoms with van der Waals surface area (Å²) in [6.45, 7) is 6.37. The average molecular weight is 1010 g/mol. The van der Waals surface area contributed by atoms with Crippen LogP contribution < -0.4 is 0 Å². The van der Waals surface area contributed by atoms with Crippen LogP contribution in [0.2, 0.25) is 0 Å². The molecule has 0 aromatic heterocycles. The number of hydrogen-bond donors (Lipinski definition) is 0. The molecule has 0 spiro atoms. The van der Waals surface area contributed by atoms with Gasteiger partial charge in [-0.05, 0) is 109 Å². The van der Waals surface area contributed by atoms with Crippen molar-refractivity contribution in [3.63, 3.8) is 0 Å². The van der Waals surface area contributed by atoms with Gasteiger partial charge in [0.25, 0.3) is 0 Å². The molecule has 1 atom stereocenters. The van der Waals surface area contributed by atoms with E-state index in [0.29, 0.717) is 19.3 Å². The van der Waals surface area contributed by atoms with Gasteiger partial charge in [0.15, 0.2) is 6.10 Å². The van der Waals surface area contributed by atoms with Crippen LogP contribution in [0.4, 0.5) is 0 Å². The largest absolute Gasteiger partial charge is 0.462 e. The van der Waals surface area contributed by atoms with Crippen molar-refractivity contribution in [3.8, 4) is 0 Å². The van der Waals surface area contributed by atoms with Crippen molar-refractivity contribution in [2.24, 2.45) is 0 Å². The van der Waals surface area contributed by atoms with Crippen molar-refractivity contribution in [1.29, 1.82) is 0 Å². The molecule has 0 aliphatic carbocycles. The molecule has 6 heteroatoms. The molecular formula is C67H110O6. The highest BCUT2D eigenvalue weighted by Gasteiger charge is 2.19. The van der Waals surface area contributed by atoms with Gasteiger partial charge >= 0.3 is 17.9 Å². The minimum absolute atomic E-state index is 0.0888. The predicted octanol–water partition coefficient (Wildman–Crippen LogP) is 20.4. The summed E-state index contributed by atoms with van der Waals surface area (Å²) in [5.41, 5.74) is 0. The van der Waals surface area contributed by atoms with Crippen LogP contribution in [-0.4, -0.2) is 37.2 Å². The minimum Gasteiger partial charge on any atom is -0.462 e. The van der Waals surface area contributed by atoms with Crippen molar-refractivity contribution in [3.05, 3.63) is 122 Å². The Morgan fingerprint density at radius 3 is 0.836 bits per heavy atom. The molecule has 0 aliphatic rings. The normalized spacial score (nSPS) is 13.0. The molecule has 1 unspecified atom stereocenters. The van der Waals surface area contributed by atoms with Crippen LogP contribution >= 0.6 is 0 Å². The molecule has 0 amide bonds. The van der Waals surface area contributed by atoms with Gasteiger partial charge < -0.3 is 14.2 Å². The van der Waals surface area contributed by atoms with Crippen LogP contribution in [-0.2, 0) is 28.6 Å². The molecule has 0 fully saturated rings. The SMILES string of the molecule is CC/C=C\C/C=C\C/C=C\C/C=C\C/C=C\CCCCCCCCCCCC(=O)OCC(COC(=O)CCCCCCCCCCC)OC(=O)CCCCCCC/C=C\C/C=C\C/C=C\C/C=C\C/C=C\CC. The second kappa shape index (κ2) is 60.4. The first-order chi connectivity index (χ1) is 36.0. The van der Waals surface area contributed by atoms with Crippen molar-refractivity contribution in [2.45, 2.75) is 271 Å². The first-order valence-corrected chi connectivity index (χ1v) is 30.0. The zero-order valence-electron chi connectivity index (χ0n) is 47.4. The van der Waals surface area contributed by atoms with Crippen molar-refractivity contribution < 1.29 is 28.6 Å². The fourth-order valence-electron chi connectivity index (χ4n) is 8.03. The van der Waals surface area contributed by atoms with Gasteiger partial charge in [0.2, 0.25) is 0 Å². The van der Waals surface area contributed by atoms with E-state index in [1.165, 1.54) is 77.0 Å². The molecule has 73 heavy (non-hydrogen) atoms. The molecule has 0 saturated heterocycles. The van der Waals surface area contributed by atoms with Gasteiger partial charge in [0.05, 0.1) is 0 Å². The standard InChI is InChI=1S/C67H110O6/c1-4-7-10-13-16-19-21-23-25-27-29-31-32-33-34-36-37-39-41-43-45-48-51-54-57-60-66(69)72-63-64(62-71-65(68)59-56-53-50-47-18-15-12-9-6-3)73-67(70)61-58-55-52-49-46-44-42-40-38-35-30-28-26-24-22-20-17-14-11-8-5-2/h7-8,10-11,16-17,19-20,23-26,29-31,33-35,40,42,64H,4-6,9,12-15,18,21-22,27-28,32,36-39,41,43-63H2,1-3H3/b10-7-,11-8-,19-16-,20-17-,25-23-,26-24-,31-29-,34-33-,35-30-,42-40-. The Hall–Kier alpha value is -4.19. The Balaban J connectivity index is 4.31. The lowest BCUT2D eigenvalue weighted by molar-refractivity contribution is -0.167. The van der Waals surface area contributed by atoms with Crippen LogP contribution in [0.25, 0.3) is 0 Å². The maximum absolute atomic E-state index is 12.9. The molecule has 0 aromatic rings. The predicted molar refractivity (Wildman–Crippen MR) is 316 cm³/mol. The number of carbonyl (C=O) groups is 3. The van der Waals surface area contributed by atoms with Crippen molar-refractivity contribution in [1.82, 2.24) is 0 Å². The minimum atomic E-state index is -0.793. The summed E-state index contributed by atoms with van der Waals surface area (Å²) >= 11 is 0. The van der Waals surface area contributed by atoms with Gasteiger partial charge in [0.1, 0.15) is 13.2 Å². The number of ether oxygens (including phenoxy) is 3. The van der Waals surface area contributed by atoms with Gasteiger partial charge in [-0.3, -0.25) is 14.4 Å². The molecule has 0 heterocycles. The second-order valence-electron chi connectivity index (χ2n) is 19.5. The van der Waals surface area contributed by atoms with E-state index >= 15 is 0 Å². The molecule has 0 bridgehead atoms. The van der Waals surface area contributed by atoms with Crippen LogP contribution in [0.3, 0.4) is 0 Å². The summed E-state index contributed by atoms with van der Waals surface area (Å²) in [6, 6.07) is 0. The van der Waals surface area contributed by atoms with Crippen LogP contribution in [0, 0.1) is 0 Å². The highest BCUT2D eigenvalue weighted by molar-refractivity contribution is 5.71. The Morgan fingerprint density at radius 2 is 0.534 bits per heavy atom. The zero-order valence-corrected chi connectivity index (χ0v) is 47.4. The number of unbranched alkanes of at least 4 members (excludes halogenated alkanes) is 22. The number of allylic oxidation sites excluding steroid dienone is 20. The van der Waals surface area contributed by atoms with E-state index in [0.717, 1.165) is 148 Å². The van der Waals surface area contributed by atoms with Gasteiger partial charge in [0, 0.05) is 19.3 Å². The molecule has 0 aliphatic heterocycles. The van der Waals surface area contributed by atoms with Crippen molar-refractivity contribution >= 4 is 17.9 Å². The highest BCUT2D eigenvalue weighted by atomic mass is 16.6. The third kappa shape index (κ3) is 58.6. The van der Waals surface area contributed by atoms with Gasteiger partial charge in [-0.15, -0.1) is 0 Å². The number of hydrogen-bond acceptors (Lipinski definition) is 6. The number of carbonyl (C=O) groups excluding carboxylic acids is 3. The highest BCUT2D eigenvalue weighted by Crippen LogP contribution is 2.15. The fraction of sp³-hybridized carbons (Fsp3) is 0.657. The molecule has 0 radical (unpaired) electrons. The lowest BCUT2D eigenvalue weighted by Crippen LogP contribution is -2.30. The number of rotatable bonds is 53. The van der Waals surface area contributed by atoms with E-state index in [2.05, 4.69) is 142 Å². The third-order valence-corrected chi connectivity index (χ3v) is 12.5. The molecule has 0 saturated carbocycles. The van der Waals surface area contributed by atoms with E-state index < -0.39 is 6.10 Å². The molecule has 0 aromatic carbocycles. The van der Waals surface area contributed by atoms with E-state index in [1.54, 1.807) is 0 Å². The van der Waals surface area contributed by atoms with Crippen LogP contribution in [0.5, 0.6) is 0 Å². The molecule has 6 nitrogen and oxygen atoms in total. The quantitative estimate of drug-likeness (QED) is 0.0261. The summed E-state index contributed by atoms with van der Waals surface area (Å²) < 4.78 is 16.8. The van der Waals surface area contributed by atoms with Gasteiger partial charge in [-0.1, -0.05) is 258 Å². The van der Waals surface area contributed by atoms with Gasteiger partial charge in [-0.2, -0.15) is 0 Å². The Labute approximate surface area is 450 Å². The third-order valence-electron chi connectivity index (χ3n) is 12.5. The summed E-state index contributed by atoms with van der Waals surface area (Å²) in [7, 11) is 0. The lowest BCUT2D eigenvalue weighted by Gasteiger charge is -2.18. The molecule has 0 N–H and O–H groups in total. The summed E-state index contributed by atoms with van der Waals surface area (Å²) in [4.78, 5) is 38.1. The summed E-state index contributed by atoms with van der Waals surface area (Å²) in [5, 5.41) is 0. The fourth-order valence-corrected chi connectivity index (χ4v) is 8.03. The van der Waals surface area contributed by atoms with Gasteiger partial charge in [-0.25, -0.2) is 0 Å². The number of esters is 3. The monoisotopic (exact) mass is 1010 g/mol. The van der Waals surface area contributed by atoms with Crippen LogP contribution in [0.15, 0.2) is 122 Å². The zero-order chi connectivity index (χ0) is 52.9. The first-order valence-electron chi connectivity index (χ1n) is 30.0. The Morgan fingerprint density at radius 1 is 0.288 bits per heavy atom. The molecular weight excluding hydrogens is 901 g/mol. The maximum Gasteiger partial charge on any atom is 0.306 e. The van der Waals surface area contributed by atoms with E-state index in [9.17, 15) is 14.4 Å². The van der Waals surface area contributed by atoms with Crippen molar-refractivity contribution in [2.75, 3.05) is 13.2 Å². The lowest BCUT2D eigenvalue weighted by atomic mass is 10.1. The second-order valence-corrected chi connectivity index (χ2v) is 19.5. The summed E-state index contributed by atoms with van der Waals surface area (Å²) in [5.74, 6) is -0.916. The summed E-state index contributed by atoms with van der Waals surface area (Å²) in [6.07, 6.45) is 83.4. The first kappa shape index (κ1) is 68.8. The smallest absolute Gasteiger partial charge is 0.306 e. The maximum atomic E-state index is 12.9. The van der Waals surface area contributed by atoms with E-state index in [-0.39, 0.29) is 31.1 Å². The molecule has 414 valence electrons. The Bertz CT molecular complexity index is 1540. The Kier molecular flexibility index (Phi) is 56.9. The topological polar surface area (TPSA) is 78.9 Å². The van der Waals surface area contributed by atoms with E-state index in [1.807, 2.05) is 0 Å². The average Bonchev–Trinajstić information content (AvgIpc) is 3.39.